The molecule has 0 saturated heterocycles. The molecule has 2 aliphatic rings. The standard InChI is InChI=1S/C13H24N2O2/c1-10-4-3-7-13(8-10,9-16)15-12(17)14-11-5-2-6-11/h10-11,16H,2-9H2,1H3,(H2,14,15,17). The number of aliphatic hydroxyl groups excluding tert-OH is 1. The Hall–Kier alpha value is -0.770. The number of carbonyl (C=O) groups excluding carboxylic acids is 1. The zero-order valence-electron chi connectivity index (χ0n) is 10.7. The lowest BCUT2D eigenvalue weighted by molar-refractivity contribution is 0.104. The highest BCUT2D eigenvalue weighted by Gasteiger charge is 2.36. The summed E-state index contributed by atoms with van der Waals surface area (Å²) >= 11 is 0. The molecule has 17 heavy (non-hydrogen) atoms. The van der Waals surface area contributed by atoms with Gasteiger partial charge in [0.05, 0.1) is 12.1 Å². The van der Waals surface area contributed by atoms with E-state index in [2.05, 4.69) is 17.6 Å². The summed E-state index contributed by atoms with van der Waals surface area (Å²) in [7, 11) is 0. The highest BCUT2D eigenvalue weighted by molar-refractivity contribution is 5.75. The molecule has 2 unspecified atom stereocenters. The SMILES string of the molecule is CC1CCCC(CO)(NC(=O)NC2CCC2)C1. The highest BCUT2D eigenvalue weighted by Crippen LogP contribution is 2.32. The minimum atomic E-state index is -0.383. The van der Waals surface area contributed by atoms with Crippen LogP contribution in [0.4, 0.5) is 4.79 Å². The van der Waals surface area contributed by atoms with E-state index in [4.69, 9.17) is 0 Å². The summed E-state index contributed by atoms with van der Waals surface area (Å²) in [6.45, 7) is 2.24. The van der Waals surface area contributed by atoms with Crippen molar-refractivity contribution < 1.29 is 9.90 Å². The van der Waals surface area contributed by atoms with Gasteiger partial charge in [-0.15, -0.1) is 0 Å². The first-order valence-electron chi connectivity index (χ1n) is 6.83. The molecule has 2 rings (SSSR count). The molecule has 2 atom stereocenters. The molecule has 2 fully saturated rings. The average Bonchev–Trinajstić information content (AvgIpc) is 2.23. The average molecular weight is 240 g/mol. The molecule has 4 nitrogen and oxygen atoms in total. The number of hydrogen-bond donors (Lipinski definition) is 3. The van der Waals surface area contributed by atoms with Gasteiger partial charge in [0.1, 0.15) is 0 Å². The monoisotopic (exact) mass is 240 g/mol. The Morgan fingerprint density at radius 3 is 2.65 bits per heavy atom. The smallest absolute Gasteiger partial charge is 0.315 e. The van der Waals surface area contributed by atoms with Crippen LogP contribution in [0.2, 0.25) is 0 Å². The summed E-state index contributed by atoms with van der Waals surface area (Å²) in [5.41, 5.74) is -0.383. The van der Waals surface area contributed by atoms with E-state index < -0.39 is 0 Å². The maximum atomic E-state index is 11.9. The summed E-state index contributed by atoms with van der Waals surface area (Å²) in [5, 5.41) is 15.6. The van der Waals surface area contributed by atoms with E-state index in [1.165, 1.54) is 12.8 Å². The Morgan fingerprint density at radius 2 is 2.12 bits per heavy atom. The summed E-state index contributed by atoms with van der Waals surface area (Å²) in [6, 6.07) is 0.254. The van der Waals surface area contributed by atoms with Gasteiger partial charge in [0.15, 0.2) is 0 Å². The largest absolute Gasteiger partial charge is 0.394 e. The number of hydrogen-bond acceptors (Lipinski definition) is 2. The molecule has 0 radical (unpaired) electrons. The summed E-state index contributed by atoms with van der Waals surface area (Å²) in [5.74, 6) is 0.583. The predicted octanol–water partition coefficient (Wildman–Crippen LogP) is 1.78. The number of carbonyl (C=O) groups is 1. The van der Waals surface area contributed by atoms with Crippen molar-refractivity contribution in [1.82, 2.24) is 10.6 Å². The van der Waals surface area contributed by atoms with E-state index >= 15 is 0 Å². The maximum absolute atomic E-state index is 11.9. The van der Waals surface area contributed by atoms with E-state index in [0.717, 1.165) is 32.1 Å². The third-order valence-corrected chi connectivity index (χ3v) is 4.21. The Bertz CT molecular complexity index is 279. The first kappa shape index (κ1) is 12.7. The molecular formula is C13H24N2O2. The topological polar surface area (TPSA) is 61.4 Å². The van der Waals surface area contributed by atoms with E-state index in [-0.39, 0.29) is 18.2 Å². The van der Waals surface area contributed by atoms with Gasteiger partial charge in [0, 0.05) is 6.04 Å². The van der Waals surface area contributed by atoms with E-state index in [0.29, 0.717) is 12.0 Å². The molecule has 0 spiro atoms. The second kappa shape index (κ2) is 5.25. The third-order valence-electron chi connectivity index (χ3n) is 4.21. The first-order chi connectivity index (χ1) is 8.13. The van der Waals surface area contributed by atoms with E-state index in [1.807, 2.05) is 0 Å². The Labute approximate surface area is 103 Å². The van der Waals surface area contributed by atoms with Gasteiger partial charge < -0.3 is 15.7 Å². The number of amides is 2. The van der Waals surface area contributed by atoms with Crippen molar-refractivity contribution in [3.05, 3.63) is 0 Å². The molecule has 3 N–H and O–H groups in total. The van der Waals surface area contributed by atoms with Crippen LogP contribution in [0, 0.1) is 5.92 Å². The Balaban J connectivity index is 1.86. The van der Waals surface area contributed by atoms with Gasteiger partial charge in [-0.2, -0.15) is 0 Å². The molecular weight excluding hydrogens is 216 g/mol. The van der Waals surface area contributed by atoms with Crippen molar-refractivity contribution in [1.29, 1.82) is 0 Å². The molecule has 98 valence electrons. The van der Waals surface area contributed by atoms with Crippen LogP contribution in [0.15, 0.2) is 0 Å². The Morgan fingerprint density at radius 1 is 1.35 bits per heavy atom. The van der Waals surface area contributed by atoms with Gasteiger partial charge in [-0.25, -0.2) is 4.79 Å². The zero-order valence-corrected chi connectivity index (χ0v) is 10.7. The molecule has 0 aromatic heterocycles. The number of rotatable bonds is 3. The van der Waals surface area contributed by atoms with Gasteiger partial charge >= 0.3 is 6.03 Å². The van der Waals surface area contributed by atoms with Crippen molar-refractivity contribution in [2.45, 2.75) is 63.5 Å². The molecule has 0 bridgehead atoms. The van der Waals surface area contributed by atoms with Crippen LogP contribution < -0.4 is 10.6 Å². The highest BCUT2D eigenvalue weighted by atomic mass is 16.3. The van der Waals surface area contributed by atoms with Crippen LogP contribution in [0.5, 0.6) is 0 Å². The van der Waals surface area contributed by atoms with Crippen LogP contribution in [0.25, 0.3) is 0 Å². The van der Waals surface area contributed by atoms with Gasteiger partial charge in [0.25, 0.3) is 0 Å². The fourth-order valence-corrected chi connectivity index (χ4v) is 2.97. The maximum Gasteiger partial charge on any atom is 0.315 e. The van der Waals surface area contributed by atoms with Crippen LogP contribution in [-0.4, -0.2) is 29.3 Å². The van der Waals surface area contributed by atoms with Crippen molar-refractivity contribution in [2.75, 3.05) is 6.61 Å². The molecule has 0 aromatic carbocycles. The van der Waals surface area contributed by atoms with Crippen LogP contribution in [0.3, 0.4) is 0 Å². The molecule has 0 aliphatic heterocycles. The predicted molar refractivity (Wildman–Crippen MR) is 66.8 cm³/mol. The summed E-state index contributed by atoms with van der Waals surface area (Å²) in [6.07, 6.45) is 7.48. The van der Waals surface area contributed by atoms with Crippen molar-refractivity contribution in [3.8, 4) is 0 Å². The lowest BCUT2D eigenvalue weighted by Gasteiger charge is -2.40. The normalized spacial score (nSPS) is 33.9. The fourth-order valence-electron chi connectivity index (χ4n) is 2.97. The number of nitrogens with one attached hydrogen (secondary N) is 2. The summed E-state index contributed by atoms with van der Waals surface area (Å²) in [4.78, 5) is 11.9. The zero-order chi connectivity index (χ0) is 12.3. The lowest BCUT2D eigenvalue weighted by atomic mass is 9.77. The molecule has 2 amide bonds. The first-order valence-corrected chi connectivity index (χ1v) is 6.83. The molecule has 2 aliphatic carbocycles. The Kier molecular flexibility index (Phi) is 3.92. The third kappa shape index (κ3) is 3.12. The second-order valence-corrected chi connectivity index (χ2v) is 5.87. The molecule has 4 heteroatoms. The van der Waals surface area contributed by atoms with Crippen LogP contribution in [-0.2, 0) is 0 Å². The minimum Gasteiger partial charge on any atom is -0.394 e. The van der Waals surface area contributed by atoms with Crippen LogP contribution >= 0.6 is 0 Å². The number of urea groups is 1. The lowest BCUT2D eigenvalue weighted by Crippen LogP contribution is -2.58. The molecule has 2 saturated carbocycles. The van der Waals surface area contributed by atoms with Crippen molar-refractivity contribution >= 4 is 6.03 Å². The number of aliphatic hydroxyl groups is 1. The second-order valence-electron chi connectivity index (χ2n) is 5.87. The van der Waals surface area contributed by atoms with Crippen molar-refractivity contribution in [3.63, 3.8) is 0 Å². The van der Waals surface area contributed by atoms with E-state index in [9.17, 15) is 9.90 Å². The molecule has 0 aromatic rings. The van der Waals surface area contributed by atoms with Crippen LogP contribution in [0.1, 0.15) is 51.9 Å². The summed E-state index contributed by atoms with van der Waals surface area (Å²) < 4.78 is 0. The minimum absolute atomic E-state index is 0.0510. The van der Waals surface area contributed by atoms with Gasteiger partial charge in [-0.1, -0.05) is 19.8 Å². The quantitative estimate of drug-likeness (QED) is 0.704. The molecule has 0 heterocycles. The fraction of sp³-hybridized carbons (Fsp3) is 0.923. The van der Waals surface area contributed by atoms with Gasteiger partial charge in [0.2, 0.25) is 0 Å². The van der Waals surface area contributed by atoms with E-state index in [1.54, 1.807) is 0 Å². The van der Waals surface area contributed by atoms with Gasteiger partial charge in [-0.05, 0) is 38.0 Å². The van der Waals surface area contributed by atoms with Crippen molar-refractivity contribution in [2.24, 2.45) is 5.92 Å². The van der Waals surface area contributed by atoms with Gasteiger partial charge in [-0.3, -0.25) is 0 Å².